The van der Waals surface area contributed by atoms with Gasteiger partial charge in [0.25, 0.3) is 0 Å². The van der Waals surface area contributed by atoms with Crippen LogP contribution in [0.5, 0.6) is 5.75 Å². The van der Waals surface area contributed by atoms with Gasteiger partial charge in [0, 0.05) is 0 Å². The first-order valence-corrected chi connectivity index (χ1v) is 8.08. The summed E-state index contributed by atoms with van der Waals surface area (Å²) in [5.41, 5.74) is 6.06. The maximum atomic E-state index is 11.0. The van der Waals surface area contributed by atoms with Crippen molar-refractivity contribution in [3.63, 3.8) is 0 Å². The van der Waals surface area contributed by atoms with E-state index in [1.807, 2.05) is 31.2 Å². The summed E-state index contributed by atoms with van der Waals surface area (Å²) in [6, 6.07) is 7.62. The molecule has 2 rings (SSSR count). The van der Waals surface area contributed by atoms with Gasteiger partial charge in [-0.2, -0.15) is 0 Å². The van der Waals surface area contributed by atoms with Gasteiger partial charge >= 0.3 is 0 Å². The molecule has 0 saturated carbocycles. The van der Waals surface area contributed by atoms with E-state index in [0.717, 1.165) is 11.4 Å². The highest BCUT2D eigenvalue weighted by Crippen LogP contribution is 2.32. The molecular weight excluding hydrogens is 308 g/mol. The van der Waals surface area contributed by atoms with Crippen LogP contribution in [0.25, 0.3) is 0 Å². The molecule has 8 heteroatoms. The minimum atomic E-state index is -0.369. The van der Waals surface area contributed by atoms with Crippen LogP contribution in [0.1, 0.15) is 13.8 Å². The number of aromatic nitrogens is 2. The number of thioether (sulfide) groups is 1. The third kappa shape index (κ3) is 4.33. The summed E-state index contributed by atoms with van der Waals surface area (Å²) < 4.78 is 6.23. The zero-order chi connectivity index (χ0) is 15.2. The van der Waals surface area contributed by atoms with Crippen LogP contribution in [-0.2, 0) is 4.79 Å². The topological polar surface area (TPSA) is 90.1 Å². The summed E-state index contributed by atoms with van der Waals surface area (Å²) in [4.78, 5) is 11.0. The van der Waals surface area contributed by atoms with Crippen molar-refractivity contribution in [3.8, 4) is 5.75 Å². The zero-order valence-corrected chi connectivity index (χ0v) is 13.3. The number of primary amides is 1. The smallest absolute Gasteiger partial charge is 0.230 e. The second-order valence-electron chi connectivity index (χ2n) is 4.09. The predicted octanol–water partition coefficient (Wildman–Crippen LogP) is 2.65. The lowest BCUT2D eigenvalue weighted by Gasteiger charge is -2.09. The van der Waals surface area contributed by atoms with Gasteiger partial charge in [0.1, 0.15) is 5.75 Å². The summed E-state index contributed by atoms with van der Waals surface area (Å²) >= 11 is 2.66. The monoisotopic (exact) mass is 324 g/mol. The number of nitrogens with one attached hydrogen (secondary N) is 1. The maximum Gasteiger partial charge on any atom is 0.230 e. The van der Waals surface area contributed by atoms with Crippen LogP contribution in [0.2, 0.25) is 0 Å². The number of hydrogen-bond acceptors (Lipinski definition) is 7. The SMILES string of the molecule is CCOc1ccccc1Nc1nnc(SC(C)C(N)=O)s1. The number of benzene rings is 1. The van der Waals surface area contributed by atoms with Gasteiger partial charge < -0.3 is 15.8 Å². The minimum absolute atomic E-state index is 0.332. The fourth-order valence-electron chi connectivity index (χ4n) is 1.48. The molecule has 0 aliphatic heterocycles. The van der Waals surface area contributed by atoms with Gasteiger partial charge in [-0.25, -0.2) is 0 Å². The Hall–Kier alpha value is -1.80. The van der Waals surface area contributed by atoms with Gasteiger partial charge in [0.05, 0.1) is 17.5 Å². The first-order chi connectivity index (χ1) is 10.1. The molecule has 112 valence electrons. The summed E-state index contributed by atoms with van der Waals surface area (Å²) in [5, 5.41) is 11.6. The highest BCUT2D eigenvalue weighted by atomic mass is 32.2. The molecule has 1 aromatic heterocycles. The van der Waals surface area contributed by atoms with E-state index in [1.165, 1.54) is 23.1 Å². The number of amides is 1. The van der Waals surface area contributed by atoms with Crippen molar-refractivity contribution >= 4 is 39.8 Å². The van der Waals surface area contributed by atoms with Crippen molar-refractivity contribution < 1.29 is 9.53 Å². The van der Waals surface area contributed by atoms with Crippen molar-refractivity contribution in [3.05, 3.63) is 24.3 Å². The van der Waals surface area contributed by atoms with Crippen molar-refractivity contribution in [1.29, 1.82) is 0 Å². The molecule has 6 nitrogen and oxygen atoms in total. The van der Waals surface area contributed by atoms with E-state index < -0.39 is 0 Å². The van der Waals surface area contributed by atoms with E-state index in [-0.39, 0.29) is 11.2 Å². The Morgan fingerprint density at radius 3 is 2.95 bits per heavy atom. The Kier molecular flexibility index (Phi) is 5.40. The lowest BCUT2D eigenvalue weighted by Crippen LogP contribution is -2.22. The van der Waals surface area contributed by atoms with E-state index in [0.29, 0.717) is 16.1 Å². The van der Waals surface area contributed by atoms with Crippen LogP contribution in [0.4, 0.5) is 10.8 Å². The molecule has 1 atom stereocenters. The highest BCUT2D eigenvalue weighted by molar-refractivity contribution is 8.02. The molecule has 0 fully saturated rings. The number of carbonyl (C=O) groups is 1. The first-order valence-electron chi connectivity index (χ1n) is 6.38. The van der Waals surface area contributed by atoms with Gasteiger partial charge in [-0.15, -0.1) is 10.2 Å². The van der Waals surface area contributed by atoms with E-state index >= 15 is 0 Å². The molecule has 1 unspecified atom stereocenters. The predicted molar refractivity (Wildman–Crippen MR) is 85.3 cm³/mol. The minimum Gasteiger partial charge on any atom is -0.492 e. The molecule has 21 heavy (non-hydrogen) atoms. The van der Waals surface area contributed by atoms with E-state index in [1.54, 1.807) is 6.92 Å². The van der Waals surface area contributed by atoms with Gasteiger partial charge in [0.2, 0.25) is 11.0 Å². The number of nitrogens with zero attached hydrogens (tertiary/aromatic N) is 2. The number of rotatable bonds is 7. The Bertz CT molecular complexity index is 618. The molecule has 0 radical (unpaired) electrons. The highest BCUT2D eigenvalue weighted by Gasteiger charge is 2.14. The molecular formula is C13H16N4O2S2. The Balaban J connectivity index is 2.07. The summed E-state index contributed by atoms with van der Waals surface area (Å²) in [6.45, 7) is 4.26. The second-order valence-corrected chi connectivity index (χ2v) is 6.66. The van der Waals surface area contributed by atoms with Crippen molar-refractivity contribution in [2.45, 2.75) is 23.4 Å². The molecule has 0 bridgehead atoms. The molecule has 0 aliphatic rings. The normalized spacial score (nSPS) is 11.9. The number of para-hydroxylation sites is 2. The molecule has 0 saturated heterocycles. The first kappa shape index (κ1) is 15.6. The quantitative estimate of drug-likeness (QED) is 0.761. The largest absolute Gasteiger partial charge is 0.492 e. The Labute approximate surface area is 131 Å². The van der Waals surface area contributed by atoms with Gasteiger partial charge in [-0.1, -0.05) is 35.2 Å². The number of nitrogens with two attached hydrogens (primary N) is 1. The molecule has 1 aromatic carbocycles. The van der Waals surface area contributed by atoms with E-state index in [9.17, 15) is 4.79 Å². The van der Waals surface area contributed by atoms with Crippen molar-refractivity contribution in [1.82, 2.24) is 10.2 Å². The maximum absolute atomic E-state index is 11.0. The van der Waals surface area contributed by atoms with E-state index in [4.69, 9.17) is 10.5 Å². The zero-order valence-electron chi connectivity index (χ0n) is 11.7. The van der Waals surface area contributed by atoms with Gasteiger partial charge in [0.15, 0.2) is 4.34 Å². The summed E-state index contributed by atoms with van der Waals surface area (Å²) in [5.74, 6) is 0.390. The van der Waals surface area contributed by atoms with Gasteiger partial charge in [-0.3, -0.25) is 4.79 Å². The van der Waals surface area contributed by atoms with Crippen molar-refractivity contribution in [2.75, 3.05) is 11.9 Å². The number of hydrogen-bond donors (Lipinski definition) is 2. The number of carbonyl (C=O) groups excluding carboxylic acids is 1. The fraction of sp³-hybridized carbons (Fsp3) is 0.308. The molecule has 3 N–H and O–H groups in total. The molecule has 1 heterocycles. The van der Waals surface area contributed by atoms with Crippen LogP contribution in [-0.4, -0.2) is 28.0 Å². The summed E-state index contributed by atoms with van der Waals surface area (Å²) in [6.07, 6.45) is 0. The average molecular weight is 324 g/mol. The lowest BCUT2D eigenvalue weighted by atomic mass is 10.3. The molecule has 1 amide bonds. The van der Waals surface area contributed by atoms with E-state index in [2.05, 4.69) is 15.5 Å². The third-order valence-corrected chi connectivity index (χ3v) is 4.55. The van der Waals surface area contributed by atoms with Crippen LogP contribution in [0, 0.1) is 0 Å². The second kappa shape index (κ2) is 7.28. The van der Waals surface area contributed by atoms with Crippen LogP contribution >= 0.6 is 23.1 Å². The molecule has 0 aliphatic carbocycles. The summed E-state index contributed by atoms with van der Waals surface area (Å²) in [7, 11) is 0. The number of anilines is 2. The third-order valence-electron chi connectivity index (χ3n) is 2.51. The van der Waals surface area contributed by atoms with Crippen LogP contribution in [0.15, 0.2) is 28.6 Å². The number of ether oxygens (including phenoxy) is 1. The molecule has 0 spiro atoms. The fourth-order valence-corrected chi connectivity index (χ4v) is 3.34. The van der Waals surface area contributed by atoms with Crippen LogP contribution < -0.4 is 15.8 Å². The standard InChI is InChI=1S/C13H16N4O2S2/c1-3-19-10-7-5-4-6-9(10)15-12-16-17-13(21-12)20-8(2)11(14)18/h4-8H,3H2,1-2H3,(H2,14,18)(H,15,16). The average Bonchev–Trinajstić information content (AvgIpc) is 2.88. The lowest BCUT2D eigenvalue weighted by molar-refractivity contribution is -0.117. The Morgan fingerprint density at radius 2 is 2.24 bits per heavy atom. The molecule has 2 aromatic rings. The van der Waals surface area contributed by atoms with Crippen LogP contribution in [0.3, 0.4) is 0 Å². The Morgan fingerprint density at radius 1 is 1.48 bits per heavy atom. The van der Waals surface area contributed by atoms with Gasteiger partial charge in [-0.05, 0) is 26.0 Å². The van der Waals surface area contributed by atoms with Crippen molar-refractivity contribution in [2.24, 2.45) is 5.73 Å².